The van der Waals surface area contributed by atoms with Gasteiger partial charge in [0, 0.05) is 18.8 Å². The summed E-state index contributed by atoms with van der Waals surface area (Å²) in [5, 5.41) is 2.97. The van der Waals surface area contributed by atoms with Crippen molar-refractivity contribution in [3.05, 3.63) is 22.8 Å². The molecule has 1 fully saturated rings. The molecule has 0 aliphatic heterocycles. The molecule has 0 radical (unpaired) electrons. The Labute approximate surface area is 114 Å². The second kappa shape index (κ2) is 5.54. The molecule has 2 rings (SSSR count). The molecule has 2 atom stereocenters. The summed E-state index contributed by atoms with van der Waals surface area (Å²) >= 11 is 5.80. The summed E-state index contributed by atoms with van der Waals surface area (Å²) in [6, 6.07) is 1.11. The van der Waals surface area contributed by atoms with E-state index in [2.05, 4.69) is 10.3 Å². The van der Waals surface area contributed by atoms with Gasteiger partial charge < -0.3 is 11.1 Å². The molecule has 106 valence electrons. The standard InChI is InChI=1S/C12H15ClF3N3/c13-10-4-8(12(14,15)16)6-19-11(10)18-5-7-1-2-9(17)3-7/h4,6-7,9H,1-3,5,17H2,(H,18,19). The lowest BCUT2D eigenvalue weighted by Crippen LogP contribution is -2.18. The highest BCUT2D eigenvalue weighted by Crippen LogP contribution is 2.32. The number of hydrogen-bond donors (Lipinski definition) is 2. The first-order chi connectivity index (χ1) is 8.86. The molecule has 0 saturated heterocycles. The molecule has 0 amide bonds. The van der Waals surface area contributed by atoms with Gasteiger partial charge in [-0.15, -0.1) is 0 Å². The Morgan fingerprint density at radius 3 is 2.68 bits per heavy atom. The zero-order valence-electron chi connectivity index (χ0n) is 10.2. The Hall–Kier alpha value is -1.01. The van der Waals surface area contributed by atoms with Gasteiger partial charge in [0.15, 0.2) is 0 Å². The number of pyridine rings is 1. The molecule has 0 aromatic carbocycles. The van der Waals surface area contributed by atoms with Crippen LogP contribution in [0.5, 0.6) is 0 Å². The first-order valence-electron chi connectivity index (χ1n) is 6.08. The van der Waals surface area contributed by atoms with Crippen LogP contribution in [0, 0.1) is 5.92 Å². The predicted molar refractivity (Wildman–Crippen MR) is 68.1 cm³/mol. The number of anilines is 1. The zero-order chi connectivity index (χ0) is 14.0. The van der Waals surface area contributed by atoms with Gasteiger partial charge in [-0.2, -0.15) is 13.2 Å². The van der Waals surface area contributed by atoms with E-state index < -0.39 is 11.7 Å². The smallest absolute Gasteiger partial charge is 0.369 e. The summed E-state index contributed by atoms with van der Waals surface area (Å²) < 4.78 is 37.3. The fourth-order valence-electron chi connectivity index (χ4n) is 2.26. The highest BCUT2D eigenvalue weighted by atomic mass is 35.5. The summed E-state index contributed by atoms with van der Waals surface area (Å²) in [5.41, 5.74) is 4.96. The summed E-state index contributed by atoms with van der Waals surface area (Å²) in [5.74, 6) is 0.713. The van der Waals surface area contributed by atoms with Gasteiger partial charge in [0.2, 0.25) is 0 Å². The number of halogens is 4. The molecule has 1 aliphatic rings. The van der Waals surface area contributed by atoms with Crippen molar-refractivity contribution >= 4 is 17.4 Å². The molecule has 0 bridgehead atoms. The molecule has 2 unspecified atom stereocenters. The predicted octanol–water partition coefficient (Wildman–Crippen LogP) is 3.29. The van der Waals surface area contributed by atoms with Crippen LogP contribution in [0.2, 0.25) is 5.02 Å². The first kappa shape index (κ1) is 14.4. The lowest BCUT2D eigenvalue weighted by atomic mass is 10.1. The summed E-state index contributed by atoms with van der Waals surface area (Å²) in [7, 11) is 0. The van der Waals surface area contributed by atoms with Crippen LogP contribution >= 0.6 is 11.6 Å². The average molecular weight is 294 g/mol. The average Bonchev–Trinajstić information content (AvgIpc) is 2.72. The summed E-state index contributed by atoms with van der Waals surface area (Å²) in [6.07, 6.45) is -0.708. The van der Waals surface area contributed by atoms with Crippen molar-refractivity contribution in [2.45, 2.75) is 31.5 Å². The molecule has 3 nitrogen and oxygen atoms in total. The Kier molecular flexibility index (Phi) is 4.20. The van der Waals surface area contributed by atoms with Gasteiger partial charge in [-0.3, -0.25) is 0 Å². The molecule has 1 aromatic heterocycles. The molecule has 7 heteroatoms. The van der Waals surface area contributed by atoms with Crippen LogP contribution in [0.4, 0.5) is 19.0 Å². The normalized spacial score (nSPS) is 23.6. The minimum Gasteiger partial charge on any atom is -0.369 e. The van der Waals surface area contributed by atoms with Crippen molar-refractivity contribution < 1.29 is 13.2 Å². The van der Waals surface area contributed by atoms with Crippen LogP contribution in [-0.2, 0) is 6.18 Å². The fourth-order valence-corrected chi connectivity index (χ4v) is 2.50. The van der Waals surface area contributed by atoms with Crippen molar-refractivity contribution in [1.29, 1.82) is 0 Å². The third kappa shape index (κ3) is 3.73. The van der Waals surface area contributed by atoms with Crippen LogP contribution in [0.1, 0.15) is 24.8 Å². The molecule has 1 saturated carbocycles. The van der Waals surface area contributed by atoms with Crippen LogP contribution in [0.15, 0.2) is 12.3 Å². The van der Waals surface area contributed by atoms with Crippen LogP contribution in [0.3, 0.4) is 0 Å². The van der Waals surface area contributed by atoms with Gasteiger partial charge in [0.25, 0.3) is 0 Å². The highest BCUT2D eigenvalue weighted by molar-refractivity contribution is 6.32. The van der Waals surface area contributed by atoms with Crippen molar-refractivity contribution in [3.63, 3.8) is 0 Å². The number of nitrogens with two attached hydrogens (primary N) is 1. The Morgan fingerprint density at radius 1 is 1.42 bits per heavy atom. The third-order valence-electron chi connectivity index (χ3n) is 3.31. The molecule has 19 heavy (non-hydrogen) atoms. The maximum atomic E-state index is 12.4. The second-order valence-corrected chi connectivity index (χ2v) is 5.28. The minimum absolute atomic E-state index is 0.0166. The van der Waals surface area contributed by atoms with E-state index in [1.54, 1.807) is 0 Å². The molecule has 0 spiro atoms. The number of hydrogen-bond acceptors (Lipinski definition) is 3. The topological polar surface area (TPSA) is 50.9 Å². The van der Waals surface area contributed by atoms with E-state index in [-0.39, 0.29) is 16.9 Å². The van der Waals surface area contributed by atoms with Gasteiger partial charge in [0.1, 0.15) is 5.82 Å². The number of nitrogens with one attached hydrogen (secondary N) is 1. The largest absolute Gasteiger partial charge is 0.417 e. The van der Waals surface area contributed by atoms with Crippen LogP contribution in [0.25, 0.3) is 0 Å². The molecular weight excluding hydrogens is 279 g/mol. The molecule has 1 heterocycles. The minimum atomic E-state index is -4.42. The number of alkyl halides is 3. The van der Waals surface area contributed by atoms with E-state index in [0.29, 0.717) is 12.5 Å². The lowest BCUT2D eigenvalue weighted by molar-refractivity contribution is -0.137. The van der Waals surface area contributed by atoms with Crippen LogP contribution < -0.4 is 11.1 Å². The van der Waals surface area contributed by atoms with Gasteiger partial charge in [-0.05, 0) is 31.2 Å². The number of nitrogens with zero attached hydrogens (tertiary/aromatic N) is 1. The highest BCUT2D eigenvalue weighted by Gasteiger charge is 2.31. The van der Waals surface area contributed by atoms with E-state index in [1.165, 1.54) is 0 Å². The van der Waals surface area contributed by atoms with E-state index in [9.17, 15) is 13.2 Å². The van der Waals surface area contributed by atoms with E-state index in [1.807, 2.05) is 0 Å². The maximum Gasteiger partial charge on any atom is 0.417 e. The van der Waals surface area contributed by atoms with Crippen molar-refractivity contribution in [2.24, 2.45) is 11.7 Å². The number of rotatable bonds is 3. The molecule has 3 N–H and O–H groups in total. The van der Waals surface area contributed by atoms with Crippen molar-refractivity contribution in [3.8, 4) is 0 Å². The Balaban J connectivity index is 1.98. The van der Waals surface area contributed by atoms with Crippen molar-refractivity contribution in [2.75, 3.05) is 11.9 Å². The third-order valence-corrected chi connectivity index (χ3v) is 3.60. The van der Waals surface area contributed by atoms with E-state index >= 15 is 0 Å². The molecule has 1 aromatic rings. The monoisotopic (exact) mass is 293 g/mol. The Morgan fingerprint density at radius 2 is 2.16 bits per heavy atom. The molecular formula is C12H15ClF3N3. The number of aromatic nitrogens is 1. The quantitative estimate of drug-likeness (QED) is 0.899. The summed E-state index contributed by atoms with van der Waals surface area (Å²) in [4.78, 5) is 3.73. The maximum absolute atomic E-state index is 12.4. The fraction of sp³-hybridized carbons (Fsp3) is 0.583. The molecule has 1 aliphatic carbocycles. The van der Waals surface area contributed by atoms with Crippen LogP contribution in [-0.4, -0.2) is 17.6 Å². The van der Waals surface area contributed by atoms with Crippen molar-refractivity contribution in [1.82, 2.24) is 4.98 Å². The second-order valence-electron chi connectivity index (χ2n) is 4.87. The Bertz CT molecular complexity index is 450. The zero-order valence-corrected chi connectivity index (χ0v) is 10.9. The first-order valence-corrected chi connectivity index (χ1v) is 6.46. The van der Waals surface area contributed by atoms with Gasteiger partial charge in [0.05, 0.1) is 10.6 Å². The van der Waals surface area contributed by atoms with Gasteiger partial charge >= 0.3 is 6.18 Å². The SMILES string of the molecule is NC1CCC(CNc2ncc(C(F)(F)F)cc2Cl)C1. The van der Waals surface area contributed by atoms with E-state index in [4.69, 9.17) is 17.3 Å². The van der Waals surface area contributed by atoms with Gasteiger partial charge in [-0.25, -0.2) is 4.98 Å². The summed E-state index contributed by atoms with van der Waals surface area (Å²) in [6.45, 7) is 0.631. The van der Waals surface area contributed by atoms with E-state index in [0.717, 1.165) is 31.5 Å². The van der Waals surface area contributed by atoms with Gasteiger partial charge in [-0.1, -0.05) is 11.6 Å². The lowest BCUT2D eigenvalue weighted by Gasteiger charge is -2.14.